The zero-order valence-corrected chi connectivity index (χ0v) is 22.1. The van der Waals surface area contributed by atoms with Crippen LogP contribution in [-0.4, -0.2) is 95.6 Å². The van der Waals surface area contributed by atoms with E-state index in [1.807, 2.05) is 27.8 Å². The lowest BCUT2D eigenvalue weighted by atomic mass is 9.44. The molecule has 8 nitrogen and oxygen atoms in total. The van der Waals surface area contributed by atoms with Crippen molar-refractivity contribution in [1.29, 1.82) is 0 Å². The molecule has 2 saturated heterocycles. The summed E-state index contributed by atoms with van der Waals surface area (Å²) in [7, 11) is 6.91. The first kappa shape index (κ1) is 25.7. The summed E-state index contributed by atoms with van der Waals surface area (Å²) in [5.41, 5.74) is 2.51. The van der Waals surface area contributed by atoms with Crippen molar-refractivity contribution in [2.75, 3.05) is 26.3 Å². The van der Waals surface area contributed by atoms with Crippen LogP contribution in [0.2, 0.25) is 5.21 Å². The smallest absolute Gasteiger partial charge is 0.254 e. The molecular weight excluding hydrogens is 466 g/mol. The van der Waals surface area contributed by atoms with Gasteiger partial charge < -0.3 is 19.2 Å². The summed E-state index contributed by atoms with van der Waals surface area (Å²) in [6, 6.07) is 13.9. The molecule has 0 radical (unpaired) electrons. The second kappa shape index (κ2) is 9.72. The molecule has 188 valence electrons. The van der Waals surface area contributed by atoms with Crippen molar-refractivity contribution >= 4 is 49.2 Å². The molecule has 0 spiro atoms. The van der Waals surface area contributed by atoms with Crippen molar-refractivity contribution in [3.63, 3.8) is 0 Å². The quantitative estimate of drug-likeness (QED) is 0.343. The first-order valence-corrected chi connectivity index (χ1v) is 12.9. The minimum absolute atomic E-state index is 0.206. The second-order valence-electron chi connectivity index (χ2n) is 11.2. The Morgan fingerprint density at radius 3 is 2.30 bits per heavy atom. The average molecular weight is 497 g/mol. The van der Waals surface area contributed by atoms with Crippen LogP contribution < -0.4 is 4.74 Å². The normalized spacial score (nSPS) is 23.8. The van der Waals surface area contributed by atoms with Gasteiger partial charge in [-0.1, -0.05) is 30.3 Å². The molecule has 0 aliphatic carbocycles. The van der Waals surface area contributed by atoms with E-state index in [0.717, 1.165) is 44.0 Å². The molecule has 3 aliphatic heterocycles. The highest BCUT2D eigenvalue weighted by Crippen LogP contribution is 2.43. The van der Waals surface area contributed by atoms with Gasteiger partial charge in [0, 0.05) is 30.8 Å². The molecule has 1 atom stereocenters. The van der Waals surface area contributed by atoms with Gasteiger partial charge in [0.1, 0.15) is 35.9 Å². The number of amides is 3. The van der Waals surface area contributed by atoms with Crippen LogP contribution in [0.4, 0.5) is 0 Å². The molecule has 37 heavy (non-hydrogen) atoms. The molecule has 1 unspecified atom stereocenters. The summed E-state index contributed by atoms with van der Waals surface area (Å²) < 4.78 is 11.6. The molecule has 0 saturated carbocycles. The van der Waals surface area contributed by atoms with Gasteiger partial charge in [-0.15, -0.1) is 0 Å². The molecule has 0 aromatic heterocycles. The Labute approximate surface area is 221 Å². The van der Waals surface area contributed by atoms with Crippen LogP contribution in [0.5, 0.6) is 5.75 Å². The van der Waals surface area contributed by atoms with Crippen LogP contribution in [0.15, 0.2) is 42.5 Å². The number of carbonyl (C=O) groups is 3. The topological polar surface area (TPSA) is 79.4 Å². The molecule has 3 heterocycles. The van der Waals surface area contributed by atoms with Gasteiger partial charge in [-0.25, -0.2) is 0 Å². The lowest BCUT2D eigenvalue weighted by molar-refractivity contribution is -0.148. The summed E-state index contributed by atoms with van der Waals surface area (Å²) in [5, 5.41) is -0.750. The van der Waals surface area contributed by atoms with Gasteiger partial charge in [-0.05, 0) is 34.9 Å². The molecule has 3 amide bonds. The predicted molar refractivity (Wildman–Crippen MR) is 149 cm³/mol. The van der Waals surface area contributed by atoms with Crippen molar-refractivity contribution in [3.8, 4) is 5.75 Å². The first-order chi connectivity index (χ1) is 17.6. The fraction of sp³-hybridized carbons (Fsp3) is 0.400. The summed E-state index contributed by atoms with van der Waals surface area (Å²) in [6.45, 7) is 5.03. The minimum atomic E-state index is -1.12. The van der Waals surface area contributed by atoms with Crippen molar-refractivity contribution in [3.05, 3.63) is 64.7 Å². The van der Waals surface area contributed by atoms with E-state index in [1.165, 1.54) is 18.4 Å². The van der Waals surface area contributed by atoms with E-state index < -0.39 is 10.7 Å². The number of imide groups is 1. The fourth-order valence-corrected chi connectivity index (χ4v) is 5.89. The van der Waals surface area contributed by atoms with Gasteiger partial charge in [0.2, 0.25) is 19.8 Å². The van der Waals surface area contributed by atoms with Crippen molar-refractivity contribution < 1.29 is 23.9 Å². The monoisotopic (exact) mass is 497 g/mol. The van der Waals surface area contributed by atoms with Gasteiger partial charge in [0.25, 0.3) is 5.91 Å². The fourth-order valence-electron chi connectivity index (χ4n) is 5.89. The lowest BCUT2D eigenvalue weighted by Crippen LogP contribution is -2.67. The van der Waals surface area contributed by atoms with Gasteiger partial charge in [-0.3, -0.25) is 19.3 Å². The van der Waals surface area contributed by atoms with Crippen molar-refractivity contribution in [1.82, 2.24) is 14.6 Å². The van der Waals surface area contributed by atoms with E-state index in [4.69, 9.17) is 9.47 Å². The zero-order valence-electron chi connectivity index (χ0n) is 22.1. The Bertz CT molecular complexity index is 1240. The summed E-state index contributed by atoms with van der Waals surface area (Å²) >= 11 is 0. The van der Waals surface area contributed by atoms with Gasteiger partial charge in [-0.2, -0.15) is 0 Å². The number of benzene rings is 2. The highest BCUT2D eigenvalue weighted by Gasteiger charge is 2.55. The highest BCUT2D eigenvalue weighted by molar-refractivity contribution is 6.56. The molecule has 5 rings (SSSR count). The standard InChI is InChI=1S/C25H31B4N3O5/c26-24(27)15-25(28,23(35)32(29)22(24)34)31-13-19-18(21(31)33)2-1-3-20(19)37-14-17-6-4-16(5-7-17)12-30-8-10-36-11-9-30/h1-7H,8-15,26-29H2. The van der Waals surface area contributed by atoms with E-state index in [-0.39, 0.29) is 30.7 Å². The number of hydrogen-bond donors (Lipinski definition) is 0. The third kappa shape index (κ3) is 4.73. The molecule has 0 N–H and O–H groups in total. The number of rotatable bonds is 6. The molecule has 2 aromatic carbocycles. The van der Waals surface area contributed by atoms with Gasteiger partial charge in [0.05, 0.1) is 25.2 Å². The number of fused-ring (bicyclic) bond motifs is 1. The molecule has 2 aromatic rings. The molecular formula is C25H31B4N3O5. The van der Waals surface area contributed by atoms with Crippen LogP contribution >= 0.6 is 0 Å². The van der Waals surface area contributed by atoms with Crippen LogP contribution in [0.1, 0.15) is 33.5 Å². The largest absolute Gasteiger partial charge is 0.489 e. The van der Waals surface area contributed by atoms with Gasteiger partial charge >= 0.3 is 0 Å². The predicted octanol–water partition coefficient (Wildman–Crippen LogP) is -1.93. The van der Waals surface area contributed by atoms with E-state index in [0.29, 0.717) is 17.9 Å². The van der Waals surface area contributed by atoms with E-state index in [9.17, 15) is 14.4 Å². The highest BCUT2D eigenvalue weighted by atomic mass is 16.5. The van der Waals surface area contributed by atoms with Crippen LogP contribution in [-0.2, 0) is 34.0 Å². The van der Waals surface area contributed by atoms with Gasteiger partial charge in [0.15, 0.2) is 0 Å². The third-order valence-corrected chi connectivity index (χ3v) is 7.88. The first-order valence-electron chi connectivity index (χ1n) is 12.9. The zero-order chi connectivity index (χ0) is 26.4. The number of ether oxygens (including phenoxy) is 2. The maximum atomic E-state index is 13.5. The number of nitrogens with zero attached hydrogens (tertiary/aromatic N) is 3. The summed E-state index contributed by atoms with van der Waals surface area (Å²) in [6.07, 6.45) is 0.273. The van der Waals surface area contributed by atoms with Crippen LogP contribution in [0.3, 0.4) is 0 Å². The molecule has 0 bridgehead atoms. The number of hydrogen-bond acceptors (Lipinski definition) is 6. The molecule has 3 aliphatic rings. The minimum Gasteiger partial charge on any atom is -0.489 e. The third-order valence-electron chi connectivity index (χ3n) is 7.88. The Morgan fingerprint density at radius 2 is 1.59 bits per heavy atom. The Balaban J connectivity index is 1.29. The maximum absolute atomic E-state index is 13.5. The maximum Gasteiger partial charge on any atom is 0.254 e. The summed E-state index contributed by atoms with van der Waals surface area (Å²) in [5.74, 6) is -0.139. The number of piperidine rings is 1. The van der Waals surface area contributed by atoms with Crippen LogP contribution in [0.25, 0.3) is 0 Å². The van der Waals surface area contributed by atoms with Crippen molar-refractivity contribution in [2.45, 2.75) is 36.8 Å². The van der Waals surface area contributed by atoms with E-state index >= 15 is 0 Å². The van der Waals surface area contributed by atoms with Crippen molar-refractivity contribution in [2.24, 2.45) is 0 Å². The Hall–Kier alpha value is -2.97. The second-order valence-corrected chi connectivity index (χ2v) is 11.2. The Kier molecular flexibility index (Phi) is 6.75. The van der Waals surface area contributed by atoms with Crippen LogP contribution in [0, 0.1) is 0 Å². The van der Waals surface area contributed by atoms with E-state index in [1.54, 1.807) is 18.8 Å². The number of morpholine rings is 1. The number of carbonyl (C=O) groups excluding carboxylic acids is 3. The SMILES string of the molecule is BN1C(=O)C(B)(B)CC(B)(N2Cc3c(OCc4ccc(CN5CCOCC5)cc4)cccc3C2=O)C1=O. The van der Waals surface area contributed by atoms with E-state index in [2.05, 4.69) is 29.2 Å². The average Bonchev–Trinajstić information content (AvgIpc) is 3.24. The molecule has 2 fully saturated rings. The lowest BCUT2D eigenvalue weighted by Gasteiger charge is -2.49. The summed E-state index contributed by atoms with van der Waals surface area (Å²) in [4.78, 5) is 44.5. The Morgan fingerprint density at radius 1 is 0.919 bits per heavy atom. The molecule has 12 heteroatoms.